The Hall–Kier alpha value is 1.73. The number of fused-ring (bicyclic) bond motifs is 2. The van der Waals surface area contributed by atoms with E-state index in [9.17, 15) is 0 Å². The summed E-state index contributed by atoms with van der Waals surface area (Å²) < 4.78 is 0. The molecule has 3 heterocycles. The van der Waals surface area contributed by atoms with Crippen LogP contribution in [-0.4, -0.2) is 37.1 Å². The van der Waals surface area contributed by atoms with Crippen LogP contribution in [0.5, 0.6) is 0 Å². The molecule has 0 aromatic heterocycles. The molecule has 3 aliphatic rings. The van der Waals surface area contributed by atoms with E-state index >= 15 is 0 Å². The third-order valence-electron chi connectivity index (χ3n) is 2.01. The third-order valence-corrected chi connectivity index (χ3v) is 2.01. The minimum atomic E-state index is 0. The predicted molar refractivity (Wildman–Crippen MR) is 33.0 cm³/mol. The summed E-state index contributed by atoms with van der Waals surface area (Å²) in [5.74, 6) is 0. The summed E-state index contributed by atoms with van der Waals surface area (Å²) in [5.41, 5.74) is 0. The topological polar surface area (TPSA) is 17.3 Å². The van der Waals surface area contributed by atoms with E-state index in [0.29, 0.717) is 12.1 Å². The van der Waals surface area contributed by atoms with E-state index in [-0.39, 0.29) is 58.2 Å². The molecular weight excluding hydrogens is 186 g/mol. The zero-order chi connectivity index (χ0) is 5.56. The summed E-state index contributed by atoms with van der Waals surface area (Å²) >= 11 is 0. The van der Waals surface area contributed by atoms with Gasteiger partial charge in [0.25, 0.3) is 0 Å². The maximum atomic E-state index is 4.44. The molecule has 0 N–H and O–H groups in total. The molecule has 0 aliphatic carbocycles. The van der Waals surface area contributed by atoms with Crippen LogP contribution in [0.1, 0.15) is 6.42 Å². The van der Waals surface area contributed by atoms with Crippen LogP contribution in [0.4, 0.5) is 0 Å². The SMILES string of the molecule is CN1CC2CC(C1)[N-]2.[Rb+]. The number of piperazine rings is 1. The molecule has 2 nitrogen and oxygen atoms in total. The van der Waals surface area contributed by atoms with Gasteiger partial charge in [-0.1, -0.05) is 6.42 Å². The van der Waals surface area contributed by atoms with Gasteiger partial charge in [-0.25, -0.2) is 0 Å². The molecule has 0 aromatic rings. The van der Waals surface area contributed by atoms with Crippen LogP contribution in [0.3, 0.4) is 0 Å². The quantitative estimate of drug-likeness (QED) is 0.417. The maximum Gasteiger partial charge on any atom is 1.00 e. The summed E-state index contributed by atoms with van der Waals surface area (Å²) in [7, 11) is 2.17. The Morgan fingerprint density at radius 3 is 2.00 bits per heavy atom. The van der Waals surface area contributed by atoms with E-state index in [0.717, 1.165) is 0 Å². The van der Waals surface area contributed by atoms with Crippen LogP contribution in [0.2, 0.25) is 0 Å². The van der Waals surface area contributed by atoms with Crippen molar-refractivity contribution in [3.63, 3.8) is 0 Å². The second-order valence-electron chi connectivity index (χ2n) is 2.91. The molecule has 0 aromatic carbocycles. The van der Waals surface area contributed by atoms with Gasteiger partial charge in [-0.15, -0.1) is 12.1 Å². The fourth-order valence-electron chi connectivity index (χ4n) is 1.63. The van der Waals surface area contributed by atoms with Crippen molar-refractivity contribution in [3.8, 4) is 0 Å². The van der Waals surface area contributed by atoms with E-state index in [1.54, 1.807) is 0 Å². The van der Waals surface area contributed by atoms with Crippen LogP contribution in [0, 0.1) is 0 Å². The predicted octanol–water partition coefficient (Wildman–Crippen LogP) is -2.55. The Morgan fingerprint density at radius 1 is 1.33 bits per heavy atom. The van der Waals surface area contributed by atoms with Crippen molar-refractivity contribution in [1.29, 1.82) is 0 Å². The summed E-state index contributed by atoms with van der Waals surface area (Å²) in [4.78, 5) is 2.37. The molecule has 2 bridgehead atoms. The first-order valence-corrected chi connectivity index (χ1v) is 3.23. The second-order valence-corrected chi connectivity index (χ2v) is 2.91. The van der Waals surface area contributed by atoms with E-state index < -0.39 is 0 Å². The zero-order valence-corrected chi connectivity index (χ0v) is 11.1. The summed E-state index contributed by atoms with van der Waals surface area (Å²) in [5, 5.41) is 4.44. The van der Waals surface area contributed by atoms with E-state index in [1.165, 1.54) is 19.5 Å². The van der Waals surface area contributed by atoms with Gasteiger partial charge in [-0.3, -0.25) is 0 Å². The van der Waals surface area contributed by atoms with Gasteiger partial charge in [0.2, 0.25) is 0 Å². The fourth-order valence-corrected chi connectivity index (χ4v) is 1.63. The molecular formula is C6H11N2Rb. The summed E-state index contributed by atoms with van der Waals surface area (Å²) in [6.45, 7) is 2.41. The number of hydrogen-bond donors (Lipinski definition) is 0. The maximum absolute atomic E-state index is 4.44. The molecule has 46 valence electrons. The van der Waals surface area contributed by atoms with Crippen LogP contribution in [0.15, 0.2) is 0 Å². The second kappa shape index (κ2) is 3.41. The number of rotatable bonds is 0. The van der Waals surface area contributed by atoms with Crippen LogP contribution in [-0.2, 0) is 0 Å². The molecule has 3 rings (SSSR count). The Labute approximate surface area is 105 Å². The van der Waals surface area contributed by atoms with E-state index in [2.05, 4.69) is 17.3 Å². The fraction of sp³-hybridized carbons (Fsp3) is 1.00. The molecule has 3 fully saturated rings. The van der Waals surface area contributed by atoms with Crippen molar-refractivity contribution in [2.75, 3.05) is 20.1 Å². The molecule has 3 saturated heterocycles. The largest absolute Gasteiger partial charge is 1.00 e. The van der Waals surface area contributed by atoms with Crippen molar-refractivity contribution in [3.05, 3.63) is 5.32 Å². The first-order chi connectivity index (χ1) is 3.84. The van der Waals surface area contributed by atoms with E-state index in [1.807, 2.05) is 0 Å². The molecule has 2 unspecified atom stereocenters. The number of likely N-dealkylation sites (N-methyl/N-ethyl adjacent to an activating group) is 1. The molecule has 0 amide bonds. The molecule has 0 spiro atoms. The normalized spacial score (nSPS) is 41.0. The molecule has 3 aliphatic heterocycles. The first-order valence-electron chi connectivity index (χ1n) is 3.23. The Bertz CT molecular complexity index is 91.2. The Morgan fingerprint density at radius 2 is 1.78 bits per heavy atom. The smallest absolute Gasteiger partial charge is 0.655 e. The monoisotopic (exact) mass is 196 g/mol. The van der Waals surface area contributed by atoms with Crippen molar-refractivity contribution in [1.82, 2.24) is 4.90 Å². The molecule has 2 atom stereocenters. The van der Waals surface area contributed by atoms with Gasteiger partial charge in [0.05, 0.1) is 0 Å². The van der Waals surface area contributed by atoms with E-state index in [4.69, 9.17) is 0 Å². The standard InChI is InChI=1S/C6H11N2.Rb/c1-8-3-5-2-6(4-8)7-5;/h5-6H,2-4H2,1H3;/q-1;+1. The molecule has 0 radical (unpaired) electrons. The van der Waals surface area contributed by atoms with Crippen LogP contribution < -0.4 is 58.2 Å². The van der Waals surface area contributed by atoms with Crippen LogP contribution in [0.25, 0.3) is 5.32 Å². The number of nitrogens with zero attached hydrogens (tertiary/aromatic N) is 2. The average Bonchev–Trinajstić information content (AvgIpc) is 1.62. The minimum Gasteiger partial charge on any atom is -0.655 e. The summed E-state index contributed by atoms with van der Waals surface area (Å²) in [6, 6.07) is 1.41. The van der Waals surface area contributed by atoms with Crippen LogP contribution >= 0.6 is 0 Å². The van der Waals surface area contributed by atoms with Crippen molar-refractivity contribution < 1.29 is 58.2 Å². The third kappa shape index (κ3) is 1.85. The molecule has 3 heteroatoms. The van der Waals surface area contributed by atoms with Gasteiger partial charge in [0, 0.05) is 0 Å². The van der Waals surface area contributed by atoms with Crippen molar-refractivity contribution in [2.24, 2.45) is 0 Å². The first kappa shape index (κ1) is 8.82. The molecule has 9 heavy (non-hydrogen) atoms. The summed E-state index contributed by atoms with van der Waals surface area (Å²) in [6.07, 6.45) is 1.37. The van der Waals surface area contributed by atoms with Gasteiger partial charge in [0.15, 0.2) is 0 Å². The molecule has 0 saturated carbocycles. The van der Waals surface area contributed by atoms with Crippen molar-refractivity contribution >= 4 is 0 Å². The van der Waals surface area contributed by atoms with Gasteiger partial charge in [0.1, 0.15) is 0 Å². The average molecular weight is 197 g/mol. The van der Waals surface area contributed by atoms with Gasteiger partial charge >= 0.3 is 58.2 Å². The number of hydrogen-bond acceptors (Lipinski definition) is 1. The Kier molecular flexibility index (Phi) is 3.35. The zero-order valence-electron chi connectivity index (χ0n) is 6.17. The minimum absolute atomic E-state index is 0. The number of piperidine rings is 1. The Balaban J connectivity index is 0.000000405. The van der Waals surface area contributed by atoms with Gasteiger partial charge in [-0.2, -0.15) is 0 Å². The van der Waals surface area contributed by atoms with Gasteiger partial charge in [-0.05, 0) is 20.1 Å². The van der Waals surface area contributed by atoms with Gasteiger partial charge < -0.3 is 10.2 Å². The van der Waals surface area contributed by atoms with Crippen molar-refractivity contribution in [2.45, 2.75) is 18.5 Å².